The van der Waals surface area contributed by atoms with Crippen LogP contribution in [-0.2, 0) is 5.41 Å². The van der Waals surface area contributed by atoms with Crippen LogP contribution in [0.3, 0.4) is 0 Å². The average Bonchev–Trinajstić information content (AvgIpc) is 3.37. The summed E-state index contributed by atoms with van der Waals surface area (Å²) in [6.07, 6.45) is 9.20. The van der Waals surface area contributed by atoms with Gasteiger partial charge in [-0.15, -0.1) is 10.2 Å². The Labute approximate surface area is 177 Å². The van der Waals surface area contributed by atoms with Crippen LogP contribution in [0.1, 0.15) is 49.3 Å². The van der Waals surface area contributed by atoms with Gasteiger partial charge >= 0.3 is 0 Å². The van der Waals surface area contributed by atoms with Gasteiger partial charge in [-0.25, -0.2) is 0 Å². The molecule has 0 amide bonds. The van der Waals surface area contributed by atoms with E-state index < -0.39 is 5.41 Å². The average molecular weight is 405 g/mol. The molecule has 2 unspecified atom stereocenters. The first-order valence-corrected chi connectivity index (χ1v) is 10.9. The van der Waals surface area contributed by atoms with Gasteiger partial charge in [0.25, 0.3) is 0 Å². The monoisotopic (exact) mass is 404 g/mol. The van der Waals surface area contributed by atoms with Crippen molar-refractivity contribution in [3.63, 3.8) is 0 Å². The zero-order valence-corrected chi connectivity index (χ0v) is 17.4. The number of fused-ring (bicyclic) bond motifs is 3. The van der Waals surface area contributed by atoms with Crippen LogP contribution in [-0.4, -0.2) is 46.3 Å². The lowest BCUT2D eigenvalue weighted by molar-refractivity contribution is 0.0417. The smallest absolute Gasteiger partial charge is 0.232 e. The number of aromatic nitrogens is 3. The second-order valence-electron chi connectivity index (χ2n) is 8.50. The Balaban J connectivity index is 1.56. The summed E-state index contributed by atoms with van der Waals surface area (Å²) in [6.45, 7) is 2.46. The van der Waals surface area contributed by atoms with E-state index in [1.165, 1.54) is 38.7 Å². The van der Waals surface area contributed by atoms with Gasteiger partial charge in [-0.1, -0.05) is 18.2 Å². The Morgan fingerprint density at radius 3 is 2.57 bits per heavy atom. The molecule has 3 aliphatic rings. The first-order valence-electron chi connectivity index (χ1n) is 10.9. The predicted molar refractivity (Wildman–Crippen MR) is 113 cm³/mol. The summed E-state index contributed by atoms with van der Waals surface area (Å²) in [5, 5.41) is 8.42. The highest BCUT2D eigenvalue weighted by atomic mass is 16.5. The molecular formula is C24H28N4O2. The highest BCUT2D eigenvalue weighted by Gasteiger charge is 2.44. The van der Waals surface area contributed by atoms with E-state index in [-0.39, 0.29) is 0 Å². The molecule has 0 aliphatic carbocycles. The van der Waals surface area contributed by atoms with Gasteiger partial charge in [-0.3, -0.25) is 4.98 Å². The number of pyridine rings is 1. The van der Waals surface area contributed by atoms with Gasteiger partial charge in [-0.2, -0.15) is 0 Å². The molecule has 156 valence electrons. The summed E-state index contributed by atoms with van der Waals surface area (Å²) in [6, 6.07) is 14.9. The van der Waals surface area contributed by atoms with Gasteiger partial charge < -0.3 is 14.1 Å². The summed E-state index contributed by atoms with van der Waals surface area (Å²) in [5.74, 6) is 2.31. The van der Waals surface area contributed by atoms with Gasteiger partial charge in [0, 0.05) is 12.2 Å². The normalized spacial score (nSPS) is 25.0. The summed E-state index contributed by atoms with van der Waals surface area (Å²) in [5.41, 5.74) is 1.46. The van der Waals surface area contributed by atoms with E-state index in [0.717, 1.165) is 35.8 Å². The quantitative estimate of drug-likeness (QED) is 0.591. The third-order valence-electron chi connectivity index (χ3n) is 7.03. The van der Waals surface area contributed by atoms with Gasteiger partial charge in [-0.05, 0) is 80.9 Å². The lowest BCUT2D eigenvalue weighted by atomic mass is 9.71. The van der Waals surface area contributed by atoms with Gasteiger partial charge in [0.05, 0.1) is 12.8 Å². The van der Waals surface area contributed by atoms with Gasteiger partial charge in [0.15, 0.2) is 0 Å². The first kappa shape index (κ1) is 19.2. The Bertz CT molecular complexity index is 937. The number of hydrogen-bond donors (Lipinski definition) is 0. The van der Waals surface area contributed by atoms with Crippen LogP contribution in [0.2, 0.25) is 0 Å². The Morgan fingerprint density at radius 1 is 1.13 bits per heavy atom. The molecule has 30 heavy (non-hydrogen) atoms. The van der Waals surface area contributed by atoms with Crippen LogP contribution >= 0.6 is 0 Å². The Morgan fingerprint density at radius 2 is 1.97 bits per heavy atom. The highest BCUT2D eigenvalue weighted by Crippen LogP contribution is 2.44. The maximum Gasteiger partial charge on any atom is 0.232 e. The number of piperidine rings is 3. The number of benzene rings is 1. The maximum absolute atomic E-state index is 5.86. The van der Waals surface area contributed by atoms with E-state index in [2.05, 4.69) is 33.3 Å². The molecule has 6 nitrogen and oxygen atoms in total. The molecule has 1 aromatic carbocycles. The Hall–Kier alpha value is -2.73. The van der Waals surface area contributed by atoms with Crippen molar-refractivity contribution in [1.82, 2.24) is 20.1 Å². The third-order valence-corrected chi connectivity index (χ3v) is 7.03. The minimum atomic E-state index is -0.582. The molecule has 0 N–H and O–H groups in total. The van der Waals surface area contributed by atoms with Crippen LogP contribution in [0.5, 0.6) is 5.75 Å². The largest absolute Gasteiger partial charge is 0.497 e. The summed E-state index contributed by atoms with van der Waals surface area (Å²) < 4.78 is 11.3. The molecule has 0 radical (unpaired) electrons. The van der Waals surface area contributed by atoms with Gasteiger partial charge in [0.2, 0.25) is 12.3 Å². The van der Waals surface area contributed by atoms with Crippen molar-refractivity contribution in [2.45, 2.75) is 43.6 Å². The van der Waals surface area contributed by atoms with Crippen LogP contribution in [0.25, 0.3) is 0 Å². The fourth-order valence-corrected chi connectivity index (χ4v) is 5.38. The minimum absolute atomic E-state index is 0.582. The molecule has 0 spiro atoms. The molecule has 3 saturated heterocycles. The molecule has 6 rings (SSSR count). The van der Waals surface area contributed by atoms with E-state index in [4.69, 9.17) is 14.1 Å². The van der Waals surface area contributed by atoms with Crippen molar-refractivity contribution in [2.24, 2.45) is 5.92 Å². The van der Waals surface area contributed by atoms with Gasteiger partial charge in [0.1, 0.15) is 11.2 Å². The number of hydrogen-bond acceptors (Lipinski definition) is 6. The van der Waals surface area contributed by atoms with Crippen molar-refractivity contribution >= 4 is 0 Å². The fourth-order valence-electron chi connectivity index (χ4n) is 5.38. The zero-order chi connectivity index (χ0) is 20.4. The number of ether oxygens (including phenoxy) is 1. The second-order valence-corrected chi connectivity index (χ2v) is 8.50. The first-order chi connectivity index (χ1) is 14.8. The minimum Gasteiger partial charge on any atom is -0.497 e. The van der Waals surface area contributed by atoms with Crippen molar-refractivity contribution in [2.75, 3.05) is 20.2 Å². The zero-order valence-electron chi connectivity index (χ0n) is 17.4. The summed E-state index contributed by atoms with van der Waals surface area (Å²) in [4.78, 5) is 7.44. The molecule has 3 fully saturated rings. The molecule has 5 heterocycles. The van der Waals surface area contributed by atoms with Crippen molar-refractivity contribution in [3.8, 4) is 5.75 Å². The van der Waals surface area contributed by atoms with Crippen molar-refractivity contribution in [1.29, 1.82) is 0 Å². The molecule has 3 aromatic rings. The van der Waals surface area contributed by atoms with E-state index in [1.54, 1.807) is 7.11 Å². The molecule has 2 bridgehead atoms. The Kier molecular flexibility index (Phi) is 5.25. The second kappa shape index (κ2) is 8.19. The van der Waals surface area contributed by atoms with Crippen LogP contribution in [0, 0.1) is 5.92 Å². The molecular weight excluding hydrogens is 376 g/mol. The predicted octanol–water partition coefficient (Wildman–Crippen LogP) is 4.07. The molecule has 3 aliphatic heterocycles. The topological polar surface area (TPSA) is 64.3 Å². The number of nitrogens with zero attached hydrogens (tertiary/aromatic N) is 4. The van der Waals surface area contributed by atoms with Crippen LogP contribution in [0.15, 0.2) is 59.5 Å². The van der Waals surface area contributed by atoms with E-state index in [1.807, 2.05) is 30.5 Å². The fraction of sp³-hybridized carbons (Fsp3) is 0.458. The molecule has 0 saturated carbocycles. The molecule has 2 aromatic heterocycles. The third kappa shape index (κ3) is 3.39. The van der Waals surface area contributed by atoms with Crippen LogP contribution < -0.4 is 4.74 Å². The summed E-state index contributed by atoms with van der Waals surface area (Å²) in [7, 11) is 1.69. The van der Waals surface area contributed by atoms with Crippen molar-refractivity contribution < 1.29 is 9.15 Å². The highest BCUT2D eigenvalue weighted by molar-refractivity contribution is 5.44. The maximum atomic E-state index is 5.86. The van der Waals surface area contributed by atoms with Crippen LogP contribution in [0.4, 0.5) is 0 Å². The van der Waals surface area contributed by atoms with Crippen molar-refractivity contribution in [3.05, 3.63) is 72.2 Å². The number of rotatable bonds is 7. The lowest BCUT2D eigenvalue weighted by Gasteiger charge is -2.46. The standard InChI is InChI=1S/C24H28N4O2/c1-29-21-7-5-19(6-8-21)24(23-27-26-17-30-23,22-4-2-3-13-25-22)12-9-20-16-18-10-14-28(20)15-11-18/h2-8,13,17-18,20H,9-12,14-16H2,1H3. The van der Waals surface area contributed by atoms with E-state index in [9.17, 15) is 0 Å². The van der Waals surface area contributed by atoms with E-state index >= 15 is 0 Å². The lowest BCUT2D eigenvalue weighted by Crippen LogP contribution is -2.49. The van der Waals surface area contributed by atoms with E-state index in [0.29, 0.717) is 11.9 Å². The SMILES string of the molecule is COc1ccc(C(CCC2CC3CCN2CC3)(c2ccccn2)c2nnco2)cc1. The molecule has 2 atom stereocenters. The molecule has 6 heteroatoms. The summed E-state index contributed by atoms with van der Waals surface area (Å²) >= 11 is 0. The number of methoxy groups -OCH3 is 1.